The summed E-state index contributed by atoms with van der Waals surface area (Å²) in [6.45, 7) is 1.93. The minimum Gasteiger partial charge on any atom is -0.497 e. The molecule has 0 aliphatic rings. The van der Waals surface area contributed by atoms with Gasteiger partial charge in [-0.2, -0.15) is 5.10 Å². The van der Waals surface area contributed by atoms with Gasteiger partial charge in [-0.15, -0.1) is 0 Å². The molecule has 4 aromatic rings. The number of nitrogens with zero attached hydrogens (tertiary/aromatic N) is 2. The van der Waals surface area contributed by atoms with E-state index < -0.39 is 12.0 Å². The summed E-state index contributed by atoms with van der Waals surface area (Å²) in [6, 6.07) is 23.5. The molecule has 0 saturated heterocycles. The van der Waals surface area contributed by atoms with Gasteiger partial charge < -0.3 is 14.8 Å². The first-order valence-corrected chi connectivity index (χ1v) is 12.0. The molecule has 4 rings (SSSR count). The molecule has 0 bridgehead atoms. The van der Waals surface area contributed by atoms with E-state index in [1.165, 1.54) is 12.1 Å². The molecule has 7 nitrogen and oxygen atoms in total. The topological polar surface area (TPSA) is 82.5 Å². The number of hydrogen-bond donors (Lipinski definition) is 1. The fourth-order valence-corrected chi connectivity index (χ4v) is 3.95. The van der Waals surface area contributed by atoms with Gasteiger partial charge in [0, 0.05) is 18.4 Å². The summed E-state index contributed by atoms with van der Waals surface area (Å²) in [6.07, 6.45) is 0.423. The number of benzene rings is 3. The average Bonchev–Trinajstić information content (AvgIpc) is 3.35. The first-order chi connectivity index (χ1) is 18.0. The highest BCUT2D eigenvalue weighted by Crippen LogP contribution is 2.26. The zero-order valence-electron chi connectivity index (χ0n) is 20.7. The molecule has 0 radical (unpaired) electrons. The molecular formula is C29H28FN3O4. The molecule has 0 aliphatic heterocycles. The smallest absolute Gasteiger partial charge is 0.333 e. The van der Waals surface area contributed by atoms with Crippen molar-refractivity contribution < 1.29 is 23.5 Å². The van der Waals surface area contributed by atoms with Crippen molar-refractivity contribution in [1.29, 1.82) is 0 Å². The Morgan fingerprint density at radius 2 is 1.76 bits per heavy atom. The van der Waals surface area contributed by atoms with Crippen molar-refractivity contribution in [3.05, 3.63) is 102 Å². The molecule has 1 unspecified atom stereocenters. The number of carbonyl (C=O) groups is 2. The van der Waals surface area contributed by atoms with E-state index in [9.17, 15) is 14.0 Å². The first kappa shape index (κ1) is 25.6. The van der Waals surface area contributed by atoms with Crippen molar-refractivity contribution in [2.24, 2.45) is 0 Å². The van der Waals surface area contributed by atoms with Crippen LogP contribution in [0.2, 0.25) is 0 Å². The Labute approximate surface area is 214 Å². The van der Waals surface area contributed by atoms with E-state index in [4.69, 9.17) is 14.6 Å². The molecule has 0 aliphatic carbocycles. The molecule has 1 atom stereocenters. The molecule has 8 heteroatoms. The fraction of sp³-hybridized carbons (Fsp3) is 0.207. The van der Waals surface area contributed by atoms with Crippen LogP contribution in [0, 0.1) is 5.82 Å². The largest absolute Gasteiger partial charge is 0.497 e. The summed E-state index contributed by atoms with van der Waals surface area (Å²) >= 11 is 0. The number of amides is 1. The van der Waals surface area contributed by atoms with Crippen LogP contribution in [0.5, 0.6) is 5.75 Å². The Bertz CT molecular complexity index is 1350. The predicted octanol–water partition coefficient (Wildman–Crippen LogP) is 5.04. The Hall–Kier alpha value is -4.46. The van der Waals surface area contributed by atoms with Gasteiger partial charge in [0.05, 0.1) is 30.8 Å². The first-order valence-electron chi connectivity index (χ1n) is 12.0. The van der Waals surface area contributed by atoms with Gasteiger partial charge >= 0.3 is 5.97 Å². The van der Waals surface area contributed by atoms with E-state index in [0.29, 0.717) is 34.7 Å². The summed E-state index contributed by atoms with van der Waals surface area (Å²) in [5.41, 5.74) is 3.41. The van der Waals surface area contributed by atoms with E-state index in [1.54, 1.807) is 55.1 Å². The SMILES string of the molecule is CCOC(=O)C(NC(=O)CCc1cc(-c2cccc(F)c2)n(-c2ccc(OC)cc2)n1)c1ccccc1. The third-order valence-electron chi connectivity index (χ3n) is 5.77. The fourth-order valence-electron chi connectivity index (χ4n) is 3.95. The zero-order valence-corrected chi connectivity index (χ0v) is 20.7. The van der Waals surface area contributed by atoms with Crippen LogP contribution >= 0.6 is 0 Å². The van der Waals surface area contributed by atoms with Gasteiger partial charge in [0.1, 0.15) is 11.6 Å². The molecule has 1 amide bonds. The summed E-state index contributed by atoms with van der Waals surface area (Å²) < 4.78 is 26.1. The maximum atomic E-state index is 14.0. The number of esters is 1. The van der Waals surface area contributed by atoms with Gasteiger partial charge in [-0.3, -0.25) is 4.79 Å². The number of carbonyl (C=O) groups excluding carboxylic acids is 2. The third-order valence-corrected chi connectivity index (χ3v) is 5.77. The van der Waals surface area contributed by atoms with Gasteiger partial charge in [-0.25, -0.2) is 13.9 Å². The molecule has 0 saturated carbocycles. The normalized spacial score (nSPS) is 11.5. The number of ether oxygens (including phenoxy) is 2. The molecule has 3 aromatic carbocycles. The number of halogens is 1. The Morgan fingerprint density at radius 1 is 1.00 bits per heavy atom. The van der Waals surface area contributed by atoms with E-state index in [1.807, 2.05) is 36.4 Å². The van der Waals surface area contributed by atoms with Gasteiger partial charge in [-0.05, 0) is 55.0 Å². The number of aryl methyl sites for hydroxylation is 1. The number of nitrogens with one attached hydrogen (secondary N) is 1. The van der Waals surface area contributed by atoms with Crippen LogP contribution in [-0.4, -0.2) is 35.4 Å². The molecule has 0 fully saturated rings. The predicted molar refractivity (Wildman–Crippen MR) is 138 cm³/mol. The van der Waals surface area contributed by atoms with Gasteiger partial charge in [-0.1, -0.05) is 42.5 Å². The maximum Gasteiger partial charge on any atom is 0.333 e. The minimum atomic E-state index is -0.895. The molecule has 1 N–H and O–H groups in total. The quantitative estimate of drug-likeness (QED) is 0.308. The Morgan fingerprint density at radius 3 is 2.43 bits per heavy atom. The number of aromatic nitrogens is 2. The molecule has 1 heterocycles. The van der Waals surface area contributed by atoms with Crippen LogP contribution in [0.15, 0.2) is 84.9 Å². The van der Waals surface area contributed by atoms with E-state index in [-0.39, 0.29) is 24.8 Å². The summed E-state index contributed by atoms with van der Waals surface area (Å²) in [5.74, 6) is -0.478. The van der Waals surface area contributed by atoms with Crippen molar-refractivity contribution in [2.75, 3.05) is 13.7 Å². The third kappa shape index (κ3) is 6.41. The van der Waals surface area contributed by atoms with Crippen LogP contribution < -0.4 is 10.1 Å². The molecule has 190 valence electrons. The highest BCUT2D eigenvalue weighted by Gasteiger charge is 2.24. The number of methoxy groups -OCH3 is 1. The maximum absolute atomic E-state index is 14.0. The van der Waals surface area contributed by atoms with Crippen molar-refractivity contribution in [2.45, 2.75) is 25.8 Å². The van der Waals surface area contributed by atoms with E-state index >= 15 is 0 Å². The second kappa shape index (κ2) is 12.0. The lowest BCUT2D eigenvalue weighted by molar-refractivity contribution is -0.147. The number of hydrogen-bond acceptors (Lipinski definition) is 5. The van der Waals surface area contributed by atoms with Crippen LogP contribution in [0.3, 0.4) is 0 Å². The van der Waals surface area contributed by atoms with Gasteiger partial charge in [0.25, 0.3) is 0 Å². The van der Waals surface area contributed by atoms with Crippen LogP contribution in [0.25, 0.3) is 16.9 Å². The zero-order chi connectivity index (χ0) is 26.2. The molecule has 37 heavy (non-hydrogen) atoms. The monoisotopic (exact) mass is 501 g/mol. The van der Waals surface area contributed by atoms with Crippen molar-refractivity contribution in [3.8, 4) is 22.7 Å². The standard InChI is InChI=1S/C29H28FN3O4/c1-3-37-29(35)28(20-8-5-4-6-9-20)31-27(34)17-12-23-19-26(21-10-7-11-22(30)18-21)33(32-23)24-13-15-25(36-2)16-14-24/h4-11,13-16,18-19,28H,3,12,17H2,1-2H3,(H,31,34). The lowest BCUT2D eigenvalue weighted by Crippen LogP contribution is -2.35. The highest BCUT2D eigenvalue weighted by atomic mass is 19.1. The van der Waals surface area contributed by atoms with Crippen molar-refractivity contribution in [3.63, 3.8) is 0 Å². The highest BCUT2D eigenvalue weighted by molar-refractivity contribution is 5.85. The van der Waals surface area contributed by atoms with Crippen molar-refractivity contribution in [1.82, 2.24) is 15.1 Å². The minimum absolute atomic E-state index is 0.102. The van der Waals surface area contributed by atoms with E-state index in [0.717, 1.165) is 5.69 Å². The van der Waals surface area contributed by atoms with E-state index in [2.05, 4.69) is 5.32 Å². The molecule has 1 aromatic heterocycles. The summed E-state index contributed by atoms with van der Waals surface area (Å²) in [7, 11) is 1.59. The van der Waals surface area contributed by atoms with Crippen LogP contribution in [0.1, 0.15) is 30.6 Å². The summed E-state index contributed by atoms with van der Waals surface area (Å²) in [4.78, 5) is 25.3. The van der Waals surface area contributed by atoms with Gasteiger partial charge in [0.15, 0.2) is 6.04 Å². The van der Waals surface area contributed by atoms with Crippen molar-refractivity contribution >= 4 is 11.9 Å². The second-order valence-electron chi connectivity index (χ2n) is 8.30. The average molecular weight is 502 g/mol. The second-order valence-corrected chi connectivity index (χ2v) is 8.30. The van der Waals surface area contributed by atoms with Crippen LogP contribution in [0.4, 0.5) is 4.39 Å². The Balaban J connectivity index is 1.55. The summed E-state index contributed by atoms with van der Waals surface area (Å²) in [5, 5.41) is 7.48. The Kier molecular flexibility index (Phi) is 8.30. The number of rotatable bonds is 10. The lowest BCUT2D eigenvalue weighted by atomic mass is 10.1. The molecular weight excluding hydrogens is 473 g/mol. The van der Waals surface area contributed by atoms with Crippen LogP contribution in [-0.2, 0) is 20.7 Å². The molecule has 0 spiro atoms. The lowest BCUT2D eigenvalue weighted by Gasteiger charge is -2.17. The van der Waals surface area contributed by atoms with Gasteiger partial charge in [0.2, 0.25) is 5.91 Å².